The highest BCUT2D eigenvalue weighted by Gasteiger charge is 2.37. The molecule has 0 fully saturated rings. The minimum absolute atomic E-state index is 0.200. The Morgan fingerprint density at radius 3 is 2.53 bits per heavy atom. The van der Waals surface area contributed by atoms with Gasteiger partial charge in [-0.05, 0) is 35.7 Å². The number of anilines is 3. The number of unbranched alkanes of at least 4 members (excludes halogenated alkanes) is 1. The van der Waals surface area contributed by atoms with Crippen molar-refractivity contribution in [3.63, 3.8) is 0 Å². The van der Waals surface area contributed by atoms with Crippen LogP contribution in [0.4, 0.5) is 29.0 Å². The highest BCUT2D eigenvalue weighted by molar-refractivity contribution is 7.19. The maximum Gasteiger partial charge on any atom is 0.436 e. The third-order valence-electron chi connectivity index (χ3n) is 4.35. The number of nitrogens with zero attached hydrogens (tertiary/aromatic N) is 1. The zero-order valence-electron chi connectivity index (χ0n) is 16.2. The number of nitrogen functional groups attached to an aromatic ring is 1. The first-order valence-electron chi connectivity index (χ1n) is 9.37. The summed E-state index contributed by atoms with van der Waals surface area (Å²) in [5.74, 6) is -0.559. The van der Waals surface area contributed by atoms with Crippen LogP contribution in [0.15, 0.2) is 48.5 Å². The predicted octanol–water partition coefficient (Wildman–Crippen LogP) is 5.88. The number of amides is 1. The van der Waals surface area contributed by atoms with Gasteiger partial charge in [0.15, 0.2) is 10.8 Å². The van der Waals surface area contributed by atoms with Crippen LogP contribution in [0.25, 0.3) is 11.1 Å². The van der Waals surface area contributed by atoms with Gasteiger partial charge in [0, 0.05) is 17.8 Å². The molecule has 0 atom stereocenters. The van der Waals surface area contributed by atoms with Crippen LogP contribution in [-0.2, 0) is 6.18 Å². The van der Waals surface area contributed by atoms with Crippen molar-refractivity contribution in [3.8, 4) is 11.1 Å². The van der Waals surface area contributed by atoms with E-state index in [4.69, 9.17) is 5.73 Å². The number of thiazole rings is 1. The Hall–Kier alpha value is -3.07. The number of alkyl halides is 3. The van der Waals surface area contributed by atoms with E-state index in [9.17, 15) is 18.0 Å². The summed E-state index contributed by atoms with van der Waals surface area (Å²) >= 11 is 0.585. The molecule has 9 heteroatoms. The second kappa shape index (κ2) is 9.17. The van der Waals surface area contributed by atoms with E-state index in [1.807, 2.05) is 36.4 Å². The third-order valence-corrected chi connectivity index (χ3v) is 5.15. The average molecular weight is 434 g/mol. The molecule has 0 aliphatic rings. The van der Waals surface area contributed by atoms with E-state index in [0.29, 0.717) is 22.5 Å². The molecule has 1 aromatic heterocycles. The highest BCUT2D eigenvalue weighted by Crippen LogP contribution is 2.38. The van der Waals surface area contributed by atoms with Crippen molar-refractivity contribution in [2.75, 3.05) is 22.9 Å². The Labute approximate surface area is 176 Å². The molecule has 5 nitrogen and oxygen atoms in total. The van der Waals surface area contributed by atoms with E-state index < -0.39 is 22.8 Å². The first-order chi connectivity index (χ1) is 14.3. The van der Waals surface area contributed by atoms with Crippen molar-refractivity contribution in [2.45, 2.75) is 25.9 Å². The van der Waals surface area contributed by atoms with Gasteiger partial charge in [0.05, 0.1) is 0 Å². The van der Waals surface area contributed by atoms with Crippen LogP contribution in [0.3, 0.4) is 0 Å². The Morgan fingerprint density at radius 1 is 1.17 bits per heavy atom. The number of rotatable bonds is 7. The number of aromatic nitrogens is 1. The fourth-order valence-corrected chi connectivity index (χ4v) is 3.62. The number of halogens is 3. The molecule has 0 aliphatic heterocycles. The number of benzene rings is 2. The summed E-state index contributed by atoms with van der Waals surface area (Å²) in [4.78, 5) is 16.3. The smallest absolute Gasteiger partial charge is 0.389 e. The molecular formula is C21H21F3N4OS. The maximum absolute atomic E-state index is 12.9. The first-order valence-corrected chi connectivity index (χ1v) is 10.2. The van der Waals surface area contributed by atoms with E-state index in [1.54, 1.807) is 12.1 Å². The molecule has 1 amide bonds. The van der Waals surface area contributed by atoms with Crippen LogP contribution in [-0.4, -0.2) is 17.4 Å². The van der Waals surface area contributed by atoms with Gasteiger partial charge < -0.3 is 11.1 Å². The Morgan fingerprint density at radius 2 is 1.90 bits per heavy atom. The zero-order valence-corrected chi connectivity index (χ0v) is 17.0. The summed E-state index contributed by atoms with van der Waals surface area (Å²) in [5, 5.41) is 5.07. The van der Waals surface area contributed by atoms with Crippen molar-refractivity contribution in [2.24, 2.45) is 0 Å². The van der Waals surface area contributed by atoms with Gasteiger partial charge in [0.2, 0.25) is 0 Å². The standard InChI is InChI=1S/C21H21F3N4OS/c1-2-3-11-26-14-9-10-15(16(12-14)13-7-5-4-6-8-13)19(29)28-20-27-17(18(25)30-20)21(22,23)24/h4-10,12,26H,2-3,11,25H2,1H3,(H,27,28,29). The number of hydrogen-bond donors (Lipinski definition) is 3. The normalized spacial score (nSPS) is 11.3. The van der Waals surface area contributed by atoms with E-state index in [1.165, 1.54) is 0 Å². The Bertz CT molecular complexity index is 1020. The molecule has 0 saturated heterocycles. The summed E-state index contributed by atoms with van der Waals surface area (Å²) in [6, 6.07) is 14.6. The highest BCUT2D eigenvalue weighted by atomic mass is 32.1. The van der Waals surface area contributed by atoms with Crippen LogP contribution in [0.5, 0.6) is 0 Å². The SMILES string of the molecule is CCCCNc1ccc(C(=O)Nc2nc(C(F)(F)F)c(N)s2)c(-c2ccccc2)c1. The summed E-state index contributed by atoms with van der Waals surface area (Å²) < 4.78 is 38.8. The lowest BCUT2D eigenvalue weighted by atomic mass is 9.98. The molecule has 0 bridgehead atoms. The monoisotopic (exact) mass is 434 g/mol. The van der Waals surface area contributed by atoms with Gasteiger partial charge in [-0.1, -0.05) is 55.0 Å². The lowest BCUT2D eigenvalue weighted by Crippen LogP contribution is -2.14. The van der Waals surface area contributed by atoms with Crippen molar-refractivity contribution in [1.29, 1.82) is 0 Å². The Balaban J connectivity index is 1.91. The van der Waals surface area contributed by atoms with Crippen molar-refractivity contribution >= 4 is 33.1 Å². The summed E-state index contributed by atoms with van der Waals surface area (Å²) in [7, 11) is 0. The average Bonchev–Trinajstić information content (AvgIpc) is 3.09. The summed E-state index contributed by atoms with van der Waals surface area (Å²) in [6.07, 6.45) is -2.61. The minimum atomic E-state index is -4.68. The molecule has 2 aromatic carbocycles. The molecule has 30 heavy (non-hydrogen) atoms. The quantitative estimate of drug-likeness (QED) is 0.406. The van der Waals surface area contributed by atoms with Crippen LogP contribution in [0, 0.1) is 0 Å². The lowest BCUT2D eigenvalue weighted by Gasteiger charge is -2.13. The second-order valence-electron chi connectivity index (χ2n) is 6.59. The van der Waals surface area contributed by atoms with E-state index in [-0.39, 0.29) is 5.13 Å². The van der Waals surface area contributed by atoms with Gasteiger partial charge >= 0.3 is 6.18 Å². The largest absolute Gasteiger partial charge is 0.436 e. The number of carbonyl (C=O) groups excluding carboxylic acids is 1. The van der Waals surface area contributed by atoms with Crippen molar-refractivity contribution in [1.82, 2.24) is 4.98 Å². The second-order valence-corrected chi connectivity index (χ2v) is 7.62. The number of hydrogen-bond acceptors (Lipinski definition) is 5. The van der Waals surface area contributed by atoms with E-state index >= 15 is 0 Å². The molecule has 1 heterocycles. The van der Waals surface area contributed by atoms with Crippen molar-refractivity contribution in [3.05, 3.63) is 59.8 Å². The third kappa shape index (κ3) is 5.10. The van der Waals surface area contributed by atoms with Gasteiger partial charge in [-0.2, -0.15) is 13.2 Å². The van der Waals surface area contributed by atoms with Crippen LogP contribution in [0.1, 0.15) is 35.8 Å². The first kappa shape index (κ1) is 21.6. The van der Waals surface area contributed by atoms with Gasteiger partial charge in [-0.3, -0.25) is 10.1 Å². The molecule has 0 spiro atoms. The van der Waals surface area contributed by atoms with E-state index in [2.05, 4.69) is 22.5 Å². The molecule has 3 aromatic rings. The number of carbonyl (C=O) groups is 1. The van der Waals surface area contributed by atoms with Gasteiger partial charge in [0.25, 0.3) is 5.91 Å². The zero-order chi connectivity index (χ0) is 21.7. The predicted molar refractivity (Wildman–Crippen MR) is 115 cm³/mol. The molecule has 0 radical (unpaired) electrons. The topological polar surface area (TPSA) is 80.0 Å². The van der Waals surface area contributed by atoms with Gasteiger partial charge in [0.1, 0.15) is 5.00 Å². The Kier molecular flexibility index (Phi) is 6.61. The van der Waals surface area contributed by atoms with Crippen LogP contribution >= 0.6 is 11.3 Å². The van der Waals surface area contributed by atoms with Crippen LogP contribution < -0.4 is 16.4 Å². The molecule has 4 N–H and O–H groups in total. The molecule has 158 valence electrons. The summed E-state index contributed by atoms with van der Waals surface area (Å²) in [6.45, 7) is 2.90. The molecule has 3 rings (SSSR count). The summed E-state index contributed by atoms with van der Waals surface area (Å²) in [5.41, 5.74) is 6.88. The fourth-order valence-electron chi connectivity index (χ4n) is 2.87. The van der Waals surface area contributed by atoms with Gasteiger partial charge in [-0.15, -0.1) is 0 Å². The van der Waals surface area contributed by atoms with Crippen molar-refractivity contribution < 1.29 is 18.0 Å². The molecule has 0 aliphatic carbocycles. The maximum atomic E-state index is 12.9. The minimum Gasteiger partial charge on any atom is -0.389 e. The lowest BCUT2D eigenvalue weighted by molar-refractivity contribution is -0.140. The van der Waals surface area contributed by atoms with Crippen LogP contribution in [0.2, 0.25) is 0 Å². The molecule has 0 saturated carbocycles. The van der Waals surface area contributed by atoms with E-state index in [0.717, 1.165) is 30.6 Å². The fraction of sp³-hybridized carbons (Fsp3) is 0.238. The molecular weight excluding hydrogens is 413 g/mol. The number of nitrogens with one attached hydrogen (secondary N) is 2. The van der Waals surface area contributed by atoms with Gasteiger partial charge in [-0.25, -0.2) is 4.98 Å². The molecule has 0 unspecified atom stereocenters. The number of nitrogens with two attached hydrogens (primary N) is 1.